The molecule has 0 rings (SSSR count). The molecule has 0 fully saturated rings. The molecule has 0 spiro atoms. The maximum Gasteiger partial charge on any atom is 0.271 e. The van der Waals surface area contributed by atoms with E-state index >= 15 is 0 Å². The van der Waals surface area contributed by atoms with Gasteiger partial charge in [-0.25, -0.2) is 0 Å². The van der Waals surface area contributed by atoms with Gasteiger partial charge in [-0.15, -0.1) is 3.94 Å². The standard InChI is InChI=1S/C16H36P.C4H9Cl2NO3S/c1-5-9-13-17(14-10-6-2,15-11-7-3)16-12-8-4;1-4(2,3-7(5)6)11(8,9)10/h5-16H2,1-4H3;3H2,1-2H3,(H,8,9,10)/q+1;. The van der Waals surface area contributed by atoms with Crippen molar-refractivity contribution in [2.24, 2.45) is 0 Å². The first-order chi connectivity index (χ1) is 12.9. The summed E-state index contributed by atoms with van der Waals surface area (Å²) in [5, 5.41) is 0. The van der Waals surface area contributed by atoms with E-state index in [0.717, 1.165) is 0 Å². The summed E-state index contributed by atoms with van der Waals surface area (Å²) in [6, 6.07) is 0. The zero-order valence-electron chi connectivity index (χ0n) is 19.0. The van der Waals surface area contributed by atoms with Crippen LogP contribution in [0.3, 0.4) is 0 Å². The van der Waals surface area contributed by atoms with Crippen LogP contribution in [0.4, 0.5) is 0 Å². The lowest BCUT2D eigenvalue weighted by molar-refractivity contribution is 0.425. The predicted octanol–water partition coefficient (Wildman–Crippen LogP) is 7.47. The molecule has 0 aromatic rings. The van der Waals surface area contributed by atoms with Gasteiger partial charge in [0, 0.05) is 7.26 Å². The molecular formula is C20H45Cl2NO3PS+. The van der Waals surface area contributed by atoms with E-state index < -0.39 is 22.1 Å². The quantitative estimate of drug-likeness (QED) is 0.150. The highest BCUT2D eigenvalue weighted by Crippen LogP contribution is 2.61. The van der Waals surface area contributed by atoms with Gasteiger partial charge in [0.25, 0.3) is 10.1 Å². The monoisotopic (exact) mass is 480 g/mol. The molecule has 0 atom stereocenters. The van der Waals surface area contributed by atoms with Crippen molar-refractivity contribution in [1.29, 1.82) is 0 Å². The molecule has 0 saturated carbocycles. The molecule has 0 amide bonds. The van der Waals surface area contributed by atoms with Crippen LogP contribution in [0.15, 0.2) is 0 Å². The van der Waals surface area contributed by atoms with Crippen molar-refractivity contribution in [3.63, 3.8) is 0 Å². The maximum absolute atomic E-state index is 10.6. The van der Waals surface area contributed by atoms with Gasteiger partial charge < -0.3 is 0 Å². The average Bonchev–Trinajstić information content (AvgIpc) is 2.59. The Hall–Kier alpha value is 0.880. The number of unbranched alkanes of at least 4 members (excludes halogenated alkanes) is 4. The van der Waals surface area contributed by atoms with Crippen molar-refractivity contribution in [2.45, 2.75) is 97.7 Å². The van der Waals surface area contributed by atoms with Crippen molar-refractivity contribution >= 4 is 40.9 Å². The first-order valence-electron chi connectivity index (χ1n) is 10.8. The Morgan fingerprint density at radius 1 is 0.786 bits per heavy atom. The zero-order chi connectivity index (χ0) is 22.3. The number of halogens is 2. The maximum atomic E-state index is 10.6. The van der Waals surface area contributed by atoms with Crippen molar-refractivity contribution in [2.75, 3.05) is 31.2 Å². The van der Waals surface area contributed by atoms with Crippen LogP contribution in [0.1, 0.15) is 92.9 Å². The van der Waals surface area contributed by atoms with Crippen LogP contribution in [-0.2, 0) is 10.1 Å². The van der Waals surface area contributed by atoms with Gasteiger partial charge in [-0.3, -0.25) is 4.55 Å². The van der Waals surface area contributed by atoms with E-state index in [1.807, 2.05) is 0 Å². The van der Waals surface area contributed by atoms with Gasteiger partial charge in [0.05, 0.1) is 31.2 Å². The second kappa shape index (κ2) is 16.6. The molecule has 1 N–H and O–H groups in total. The summed E-state index contributed by atoms with van der Waals surface area (Å²) in [5.74, 6) is 0. The van der Waals surface area contributed by atoms with Gasteiger partial charge in [0.1, 0.15) is 4.75 Å². The molecule has 0 bridgehead atoms. The summed E-state index contributed by atoms with van der Waals surface area (Å²) < 4.78 is 29.1. The highest BCUT2D eigenvalue weighted by Gasteiger charge is 2.35. The van der Waals surface area contributed by atoms with Crippen LogP contribution >= 0.6 is 30.8 Å². The summed E-state index contributed by atoms with van der Waals surface area (Å²) in [7, 11) is -4.67. The minimum absolute atomic E-state index is 0.158. The summed E-state index contributed by atoms with van der Waals surface area (Å²) in [4.78, 5) is 0. The van der Waals surface area contributed by atoms with E-state index in [1.54, 1.807) is 24.6 Å². The smallest absolute Gasteiger partial charge is 0.271 e. The lowest BCUT2D eigenvalue weighted by Gasteiger charge is -2.28. The van der Waals surface area contributed by atoms with Gasteiger partial charge in [-0.1, -0.05) is 53.4 Å². The summed E-state index contributed by atoms with van der Waals surface area (Å²) in [6.45, 7) is 11.9. The van der Waals surface area contributed by atoms with Crippen molar-refractivity contribution < 1.29 is 13.0 Å². The molecule has 8 heteroatoms. The molecule has 0 aliphatic carbocycles. The van der Waals surface area contributed by atoms with Gasteiger partial charge in [0.15, 0.2) is 0 Å². The highest BCUT2D eigenvalue weighted by atomic mass is 35.5. The van der Waals surface area contributed by atoms with E-state index in [9.17, 15) is 8.42 Å². The van der Waals surface area contributed by atoms with E-state index in [-0.39, 0.29) is 6.54 Å². The fraction of sp³-hybridized carbons (Fsp3) is 1.00. The van der Waals surface area contributed by atoms with Crippen LogP contribution in [0.25, 0.3) is 0 Å². The SMILES string of the molecule is CC(C)(CN(Cl)Cl)S(=O)(=O)O.CCCC[P+](CCCC)(CCCC)CCCC. The number of rotatable bonds is 15. The van der Waals surface area contributed by atoms with Gasteiger partial charge in [0.2, 0.25) is 0 Å². The first-order valence-corrected chi connectivity index (χ1v) is 15.5. The fourth-order valence-electron chi connectivity index (χ4n) is 3.01. The van der Waals surface area contributed by atoms with E-state index in [0.29, 0.717) is 3.94 Å². The largest absolute Gasteiger partial charge is 0.285 e. The average molecular weight is 482 g/mol. The lowest BCUT2D eigenvalue weighted by atomic mass is 10.2. The molecular weight excluding hydrogens is 436 g/mol. The third kappa shape index (κ3) is 14.8. The van der Waals surface area contributed by atoms with Gasteiger partial charge >= 0.3 is 0 Å². The molecule has 0 radical (unpaired) electrons. The summed E-state index contributed by atoms with van der Waals surface area (Å²) in [6.07, 6.45) is 17.9. The molecule has 0 heterocycles. The molecule has 0 unspecified atom stereocenters. The Balaban J connectivity index is 0. The zero-order valence-corrected chi connectivity index (χ0v) is 22.2. The second-order valence-corrected chi connectivity index (χ2v) is 15.9. The van der Waals surface area contributed by atoms with E-state index in [2.05, 4.69) is 27.7 Å². The molecule has 0 aliphatic rings. The van der Waals surface area contributed by atoms with E-state index in [1.165, 1.54) is 65.2 Å². The molecule has 0 saturated heterocycles. The molecule has 0 aromatic carbocycles. The van der Waals surface area contributed by atoms with Crippen molar-refractivity contribution in [1.82, 2.24) is 3.94 Å². The Labute approximate surface area is 186 Å². The van der Waals surface area contributed by atoms with Crippen molar-refractivity contribution in [3.8, 4) is 0 Å². The van der Waals surface area contributed by atoms with Gasteiger partial charge in [-0.2, -0.15) is 8.42 Å². The fourth-order valence-corrected chi connectivity index (χ4v) is 9.34. The first kappa shape index (κ1) is 31.1. The molecule has 4 nitrogen and oxygen atoms in total. The summed E-state index contributed by atoms with van der Waals surface area (Å²) in [5.41, 5.74) is 0. The van der Waals surface area contributed by atoms with Gasteiger partial charge in [-0.05, 0) is 63.1 Å². The van der Waals surface area contributed by atoms with Crippen LogP contribution in [0.5, 0.6) is 0 Å². The van der Waals surface area contributed by atoms with E-state index in [4.69, 9.17) is 28.1 Å². The second-order valence-electron chi connectivity index (χ2n) is 8.35. The molecule has 0 aromatic heterocycles. The van der Waals surface area contributed by atoms with Crippen molar-refractivity contribution in [3.05, 3.63) is 0 Å². The molecule has 28 heavy (non-hydrogen) atoms. The van der Waals surface area contributed by atoms with Crippen LogP contribution in [0.2, 0.25) is 0 Å². The predicted molar refractivity (Wildman–Crippen MR) is 130 cm³/mol. The molecule has 0 aliphatic heterocycles. The third-order valence-corrected chi connectivity index (χ3v) is 12.0. The number of hydrogen-bond acceptors (Lipinski definition) is 3. The number of nitrogens with zero attached hydrogens (tertiary/aromatic N) is 1. The lowest BCUT2D eigenvalue weighted by Crippen LogP contribution is -2.38. The minimum Gasteiger partial charge on any atom is -0.285 e. The Morgan fingerprint density at radius 2 is 1.07 bits per heavy atom. The van der Waals surface area contributed by atoms with Crippen LogP contribution in [-0.4, -0.2) is 52.8 Å². The Kier molecular flexibility index (Phi) is 18.4. The summed E-state index contributed by atoms with van der Waals surface area (Å²) >= 11 is 10.4. The highest BCUT2D eigenvalue weighted by molar-refractivity contribution is 7.87. The minimum atomic E-state index is -4.11. The van der Waals surface area contributed by atoms with Crippen LogP contribution in [0, 0.1) is 0 Å². The Morgan fingerprint density at radius 3 is 1.21 bits per heavy atom. The molecule has 172 valence electrons. The number of hydrogen-bond donors (Lipinski definition) is 1. The topological polar surface area (TPSA) is 57.6 Å². The third-order valence-electron chi connectivity index (χ3n) is 5.14. The van der Waals surface area contributed by atoms with Crippen LogP contribution < -0.4 is 0 Å². The normalized spacial score (nSPS) is 12.8. The Bertz CT molecular complexity index is 437.